The number of aliphatic hydroxyl groups excluding tert-OH is 1. The van der Waals surface area contributed by atoms with E-state index in [-0.39, 0.29) is 17.9 Å². The largest absolute Gasteiger partial charge is 0.384 e. The van der Waals surface area contributed by atoms with Gasteiger partial charge in [0.05, 0.1) is 11.3 Å². The summed E-state index contributed by atoms with van der Waals surface area (Å²) in [4.78, 5) is 16.0. The smallest absolute Gasteiger partial charge is 0.257 e. The fourth-order valence-electron chi connectivity index (χ4n) is 1.69. The van der Waals surface area contributed by atoms with E-state index in [0.717, 1.165) is 5.56 Å². The maximum Gasteiger partial charge on any atom is 0.257 e. The summed E-state index contributed by atoms with van der Waals surface area (Å²) in [5.41, 5.74) is 1.65. The van der Waals surface area contributed by atoms with Crippen LogP contribution in [0.2, 0.25) is 0 Å². The predicted molar refractivity (Wildman–Crippen MR) is 77.3 cm³/mol. The van der Waals surface area contributed by atoms with E-state index in [4.69, 9.17) is 5.11 Å². The lowest BCUT2D eigenvalue weighted by Gasteiger charge is -2.07. The van der Waals surface area contributed by atoms with Crippen molar-refractivity contribution in [2.24, 2.45) is 0 Å². The van der Waals surface area contributed by atoms with E-state index in [2.05, 4.69) is 22.1 Å². The molecule has 0 bridgehead atoms. The monoisotopic (exact) mass is 284 g/mol. The topological polar surface area (TPSA) is 62.2 Å². The summed E-state index contributed by atoms with van der Waals surface area (Å²) in [6, 6.07) is 6.08. The molecule has 0 saturated heterocycles. The number of halogens is 1. The van der Waals surface area contributed by atoms with E-state index in [0.29, 0.717) is 5.56 Å². The fraction of sp³-hybridized carbons (Fsp3) is 0.125. The van der Waals surface area contributed by atoms with Crippen molar-refractivity contribution in [1.29, 1.82) is 0 Å². The summed E-state index contributed by atoms with van der Waals surface area (Å²) >= 11 is 0. The van der Waals surface area contributed by atoms with E-state index in [1.54, 1.807) is 13.0 Å². The molecule has 2 aromatic rings. The van der Waals surface area contributed by atoms with Gasteiger partial charge in [0.25, 0.3) is 5.91 Å². The van der Waals surface area contributed by atoms with Gasteiger partial charge < -0.3 is 10.4 Å². The molecule has 0 spiro atoms. The minimum Gasteiger partial charge on any atom is -0.384 e. The Labute approximate surface area is 121 Å². The molecule has 0 unspecified atom stereocenters. The molecule has 1 aromatic heterocycles. The van der Waals surface area contributed by atoms with E-state index in [1.807, 2.05) is 0 Å². The summed E-state index contributed by atoms with van der Waals surface area (Å²) in [6.45, 7) is 1.49. The summed E-state index contributed by atoms with van der Waals surface area (Å²) in [5.74, 6) is 4.16. The molecule has 0 aliphatic heterocycles. The van der Waals surface area contributed by atoms with Crippen LogP contribution in [0, 0.1) is 24.6 Å². The molecule has 0 saturated carbocycles. The summed E-state index contributed by atoms with van der Waals surface area (Å²) in [7, 11) is 0. The van der Waals surface area contributed by atoms with Crippen molar-refractivity contribution in [2.75, 3.05) is 11.9 Å². The van der Waals surface area contributed by atoms with Gasteiger partial charge in [-0.1, -0.05) is 17.9 Å². The first-order chi connectivity index (χ1) is 10.1. The highest BCUT2D eigenvalue weighted by Crippen LogP contribution is 2.16. The van der Waals surface area contributed by atoms with Crippen molar-refractivity contribution < 1.29 is 14.3 Å². The molecule has 1 amide bonds. The Kier molecular flexibility index (Phi) is 4.64. The van der Waals surface area contributed by atoms with Gasteiger partial charge in [-0.2, -0.15) is 0 Å². The Hall–Kier alpha value is -2.71. The molecule has 2 N–H and O–H groups in total. The van der Waals surface area contributed by atoms with Gasteiger partial charge >= 0.3 is 0 Å². The maximum absolute atomic E-state index is 13.7. The average Bonchev–Trinajstić information content (AvgIpc) is 2.48. The number of aliphatic hydroxyl groups is 1. The van der Waals surface area contributed by atoms with Crippen LogP contribution < -0.4 is 5.32 Å². The molecule has 0 fully saturated rings. The number of aryl methyl sites for hydroxylation is 1. The number of carbonyl (C=O) groups is 1. The number of carbonyl (C=O) groups excluding carboxylic acids is 1. The zero-order valence-corrected chi connectivity index (χ0v) is 11.4. The molecule has 5 heteroatoms. The van der Waals surface area contributed by atoms with Crippen molar-refractivity contribution in [3.63, 3.8) is 0 Å². The van der Waals surface area contributed by atoms with E-state index >= 15 is 0 Å². The van der Waals surface area contributed by atoms with Crippen molar-refractivity contribution in [3.8, 4) is 11.8 Å². The quantitative estimate of drug-likeness (QED) is 0.830. The average molecular weight is 284 g/mol. The lowest BCUT2D eigenvalue weighted by molar-refractivity contribution is 0.102. The zero-order valence-electron chi connectivity index (χ0n) is 11.4. The van der Waals surface area contributed by atoms with Crippen molar-refractivity contribution >= 4 is 11.6 Å². The molecule has 106 valence electrons. The minimum absolute atomic E-state index is 0.109. The van der Waals surface area contributed by atoms with Crippen molar-refractivity contribution in [3.05, 3.63) is 59.2 Å². The van der Waals surface area contributed by atoms with Crippen LogP contribution in [0.15, 0.2) is 36.7 Å². The number of benzene rings is 1. The second-order valence-electron chi connectivity index (χ2n) is 4.36. The van der Waals surface area contributed by atoms with Crippen molar-refractivity contribution in [2.45, 2.75) is 6.92 Å². The van der Waals surface area contributed by atoms with Crippen LogP contribution in [0.25, 0.3) is 0 Å². The van der Waals surface area contributed by atoms with Crippen LogP contribution in [0.4, 0.5) is 10.1 Å². The van der Waals surface area contributed by atoms with Gasteiger partial charge in [-0.25, -0.2) is 4.39 Å². The molecule has 1 heterocycles. The third-order valence-electron chi connectivity index (χ3n) is 2.69. The van der Waals surface area contributed by atoms with Crippen molar-refractivity contribution in [1.82, 2.24) is 4.98 Å². The summed E-state index contributed by atoms with van der Waals surface area (Å²) in [5, 5.41) is 11.1. The second-order valence-corrected chi connectivity index (χ2v) is 4.36. The Balaban J connectivity index is 2.20. The normalized spacial score (nSPS) is 9.67. The van der Waals surface area contributed by atoms with Gasteiger partial charge in [0.15, 0.2) is 0 Å². The number of amides is 1. The van der Waals surface area contributed by atoms with E-state index < -0.39 is 11.7 Å². The second kappa shape index (κ2) is 6.64. The molecule has 4 nitrogen and oxygen atoms in total. The fourth-order valence-corrected chi connectivity index (χ4v) is 1.69. The molecule has 2 rings (SSSR count). The molecule has 1 aromatic carbocycles. The van der Waals surface area contributed by atoms with Crippen LogP contribution in [-0.2, 0) is 0 Å². The molecule has 21 heavy (non-hydrogen) atoms. The predicted octanol–water partition coefficient (Wildman–Crippen LogP) is 2.13. The van der Waals surface area contributed by atoms with Crippen LogP contribution in [0.5, 0.6) is 0 Å². The van der Waals surface area contributed by atoms with Crippen LogP contribution >= 0.6 is 0 Å². The number of nitrogens with zero attached hydrogens (tertiary/aromatic N) is 1. The van der Waals surface area contributed by atoms with E-state index in [1.165, 1.54) is 30.6 Å². The van der Waals surface area contributed by atoms with Gasteiger partial charge in [-0.3, -0.25) is 9.78 Å². The Morgan fingerprint density at radius 2 is 2.19 bits per heavy atom. The number of anilines is 1. The highest BCUT2D eigenvalue weighted by molar-refractivity contribution is 6.04. The standard InChI is InChI=1S/C16H13FN2O2/c1-11-4-5-15(14(17)7-11)19-16(21)13-8-12(3-2-6-20)9-18-10-13/h4-5,7-10,20H,6H2,1H3,(H,19,21). The number of aromatic nitrogens is 1. The molecular weight excluding hydrogens is 271 g/mol. The maximum atomic E-state index is 13.7. The summed E-state index contributed by atoms with van der Waals surface area (Å²) in [6.07, 6.45) is 2.84. The van der Waals surface area contributed by atoms with Gasteiger partial charge in [-0.05, 0) is 30.7 Å². The first-order valence-corrected chi connectivity index (χ1v) is 6.22. The Morgan fingerprint density at radius 1 is 1.38 bits per heavy atom. The SMILES string of the molecule is Cc1ccc(NC(=O)c2cncc(C#CCO)c2)c(F)c1. The zero-order chi connectivity index (χ0) is 15.2. The highest BCUT2D eigenvalue weighted by Gasteiger charge is 2.10. The molecule has 0 aliphatic carbocycles. The van der Waals surface area contributed by atoms with Crippen LogP contribution in [0.1, 0.15) is 21.5 Å². The molecule has 0 radical (unpaired) electrons. The molecule has 0 aliphatic rings. The number of rotatable bonds is 2. The number of hydrogen-bond donors (Lipinski definition) is 2. The first kappa shape index (κ1) is 14.7. The van der Waals surface area contributed by atoms with Gasteiger partial charge in [0, 0.05) is 18.0 Å². The van der Waals surface area contributed by atoms with Gasteiger partial charge in [-0.15, -0.1) is 0 Å². The first-order valence-electron chi connectivity index (χ1n) is 6.22. The van der Waals surface area contributed by atoms with Gasteiger partial charge in [0.1, 0.15) is 12.4 Å². The van der Waals surface area contributed by atoms with Crippen LogP contribution in [-0.4, -0.2) is 22.6 Å². The molecule has 0 atom stereocenters. The number of hydrogen-bond acceptors (Lipinski definition) is 3. The van der Waals surface area contributed by atoms with E-state index in [9.17, 15) is 9.18 Å². The highest BCUT2D eigenvalue weighted by atomic mass is 19.1. The Morgan fingerprint density at radius 3 is 2.90 bits per heavy atom. The molecular formula is C16H13FN2O2. The van der Waals surface area contributed by atoms with Crippen LogP contribution in [0.3, 0.4) is 0 Å². The minimum atomic E-state index is -0.493. The Bertz CT molecular complexity index is 733. The lowest BCUT2D eigenvalue weighted by atomic mass is 10.2. The summed E-state index contributed by atoms with van der Waals surface area (Å²) < 4.78 is 13.7. The third-order valence-corrected chi connectivity index (χ3v) is 2.69. The lowest BCUT2D eigenvalue weighted by Crippen LogP contribution is -2.13. The number of nitrogens with one attached hydrogen (secondary N) is 1. The van der Waals surface area contributed by atoms with Gasteiger partial charge in [0.2, 0.25) is 0 Å². The third kappa shape index (κ3) is 3.88. The number of pyridine rings is 1.